The average molecular weight is 308 g/mol. The van der Waals surface area contributed by atoms with Crippen LogP contribution in [0.15, 0.2) is 0 Å². The highest BCUT2D eigenvalue weighted by molar-refractivity contribution is 5.74. The standard InChI is InChI=1S/C7H14O4.C6H10O4/c1-2-3-4-5-7(10,11)6(8)9;7-5(8)3-1-2-4-6(9)10/h10-11H,2-5H2,1H3,(H,8,9);1-4H2,(H,7,8)(H,9,10). The third-order valence-electron chi connectivity index (χ3n) is 2.50. The Morgan fingerprint density at radius 3 is 1.52 bits per heavy atom. The number of carbonyl (C=O) groups is 3. The molecule has 0 heterocycles. The maximum absolute atomic E-state index is 10.1. The van der Waals surface area contributed by atoms with Crippen molar-refractivity contribution in [3.8, 4) is 0 Å². The largest absolute Gasteiger partial charge is 0.481 e. The maximum atomic E-state index is 10.1. The number of unbranched alkanes of at least 4 members (excludes halogenated alkanes) is 3. The Labute approximate surface area is 123 Å². The van der Waals surface area contributed by atoms with Crippen LogP contribution in [0.25, 0.3) is 0 Å². The Morgan fingerprint density at radius 2 is 1.24 bits per heavy atom. The van der Waals surface area contributed by atoms with Crippen molar-refractivity contribution >= 4 is 17.9 Å². The lowest BCUT2D eigenvalue weighted by atomic mass is 10.1. The highest BCUT2D eigenvalue weighted by Crippen LogP contribution is 2.11. The molecule has 0 aromatic rings. The van der Waals surface area contributed by atoms with Gasteiger partial charge in [0.15, 0.2) is 0 Å². The molecule has 0 aliphatic rings. The molecule has 5 N–H and O–H groups in total. The minimum Gasteiger partial charge on any atom is -0.481 e. The summed E-state index contributed by atoms with van der Waals surface area (Å²) in [4.78, 5) is 29.9. The van der Waals surface area contributed by atoms with Crippen LogP contribution in [0.4, 0.5) is 0 Å². The van der Waals surface area contributed by atoms with E-state index in [0.29, 0.717) is 19.3 Å². The molecule has 0 atom stereocenters. The second kappa shape index (κ2) is 12.1. The first-order chi connectivity index (χ1) is 9.63. The van der Waals surface area contributed by atoms with Crippen LogP contribution in [0.5, 0.6) is 0 Å². The molecule has 124 valence electrons. The number of hydrogen-bond acceptors (Lipinski definition) is 5. The number of carboxylic acid groups (broad SMARTS) is 3. The summed E-state index contributed by atoms with van der Waals surface area (Å²) in [5.41, 5.74) is 0. The topological polar surface area (TPSA) is 152 Å². The molecule has 0 unspecified atom stereocenters. The lowest BCUT2D eigenvalue weighted by Crippen LogP contribution is -2.37. The first-order valence-corrected chi connectivity index (χ1v) is 6.75. The fourth-order valence-electron chi connectivity index (χ4n) is 1.28. The van der Waals surface area contributed by atoms with Gasteiger partial charge in [0.1, 0.15) is 0 Å². The number of aliphatic hydroxyl groups is 2. The smallest absolute Gasteiger partial charge is 0.364 e. The summed E-state index contributed by atoms with van der Waals surface area (Å²) < 4.78 is 0. The molecular weight excluding hydrogens is 284 g/mol. The summed E-state index contributed by atoms with van der Waals surface area (Å²) >= 11 is 0. The van der Waals surface area contributed by atoms with Crippen molar-refractivity contribution in [2.75, 3.05) is 0 Å². The van der Waals surface area contributed by atoms with Gasteiger partial charge < -0.3 is 25.5 Å². The minimum atomic E-state index is -2.53. The molecule has 8 nitrogen and oxygen atoms in total. The highest BCUT2D eigenvalue weighted by atomic mass is 16.5. The summed E-state index contributed by atoms with van der Waals surface area (Å²) in [6, 6.07) is 0. The van der Waals surface area contributed by atoms with Crippen LogP contribution in [0.3, 0.4) is 0 Å². The van der Waals surface area contributed by atoms with Gasteiger partial charge in [0, 0.05) is 19.3 Å². The van der Waals surface area contributed by atoms with Gasteiger partial charge in [-0.1, -0.05) is 19.8 Å². The van der Waals surface area contributed by atoms with E-state index in [1.54, 1.807) is 0 Å². The molecule has 0 radical (unpaired) electrons. The Balaban J connectivity index is 0. The lowest BCUT2D eigenvalue weighted by Gasteiger charge is -2.15. The monoisotopic (exact) mass is 308 g/mol. The predicted octanol–water partition coefficient (Wildman–Crippen LogP) is 1.05. The zero-order valence-corrected chi connectivity index (χ0v) is 12.1. The molecule has 0 amide bonds. The molecule has 0 saturated carbocycles. The van der Waals surface area contributed by atoms with E-state index in [1.807, 2.05) is 6.92 Å². The number of carboxylic acids is 3. The molecule has 0 aliphatic carbocycles. The van der Waals surface area contributed by atoms with E-state index >= 15 is 0 Å². The predicted molar refractivity (Wildman–Crippen MR) is 72.7 cm³/mol. The van der Waals surface area contributed by atoms with E-state index in [4.69, 9.17) is 25.5 Å². The van der Waals surface area contributed by atoms with Gasteiger partial charge in [-0.05, 0) is 19.3 Å². The van der Waals surface area contributed by atoms with Gasteiger partial charge in [0.05, 0.1) is 0 Å². The van der Waals surface area contributed by atoms with Crippen molar-refractivity contribution in [3.05, 3.63) is 0 Å². The Kier molecular flexibility index (Phi) is 12.5. The zero-order valence-electron chi connectivity index (χ0n) is 12.1. The first-order valence-electron chi connectivity index (χ1n) is 6.75. The van der Waals surface area contributed by atoms with Crippen molar-refractivity contribution in [1.82, 2.24) is 0 Å². The summed E-state index contributed by atoms with van der Waals surface area (Å²) in [5.74, 6) is -5.85. The van der Waals surface area contributed by atoms with Gasteiger partial charge in [-0.2, -0.15) is 0 Å². The minimum absolute atomic E-state index is 0.0628. The molecule has 0 fully saturated rings. The Bertz CT molecular complexity index is 308. The number of aliphatic carboxylic acids is 3. The van der Waals surface area contributed by atoms with Crippen molar-refractivity contribution in [3.63, 3.8) is 0 Å². The van der Waals surface area contributed by atoms with Gasteiger partial charge in [0.2, 0.25) is 0 Å². The molecule has 21 heavy (non-hydrogen) atoms. The van der Waals surface area contributed by atoms with Gasteiger partial charge in [-0.15, -0.1) is 0 Å². The molecule has 0 spiro atoms. The van der Waals surface area contributed by atoms with Crippen LogP contribution in [0.1, 0.15) is 58.3 Å². The maximum Gasteiger partial charge on any atom is 0.364 e. The van der Waals surface area contributed by atoms with Gasteiger partial charge in [-0.3, -0.25) is 9.59 Å². The molecule has 0 aromatic carbocycles. The Morgan fingerprint density at radius 1 is 0.810 bits per heavy atom. The summed E-state index contributed by atoms with van der Waals surface area (Å²) in [5, 5.41) is 42.1. The SMILES string of the molecule is CCCCCC(O)(O)C(=O)O.O=C(O)CCCCC(=O)O. The van der Waals surface area contributed by atoms with Crippen LogP contribution in [-0.4, -0.2) is 49.2 Å². The molecule has 0 rings (SSSR count). The van der Waals surface area contributed by atoms with E-state index < -0.39 is 23.7 Å². The van der Waals surface area contributed by atoms with Crippen molar-refractivity contribution in [2.45, 2.75) is 64.1 Å². The van der Waals surface area contributed by atoms with Gasteiger partial charge in [0.25, 0.3) is 5.79 Å². The molecule has 0 aliphatic heterocycles. The first kappa shape index (κ1) is 21.6. The second-order valence-electron chi connectivity index (χ2n) is 4.57. The van der Waals surface area contributed by atoms with Crippen LogP contribution in [0, 0.1) is 0 Å². The molecule has 0 aromatic heterocycles. The zero-order chi connectivity index (χ0) is 16.9. The molecular formula is C13H24O8. The van der Waals surface area contributed by atoms with Crippen LogP contribution < -0.4 is 0 Å². The summed E-state index contributed by atoms with van der Waals surface area (Å²) in [7, 11) is 0. The van der Waals surface area contributed by atoms with Crippen molar-refractivity contribution in [1.29, 1.82) is 0 Å². The third kappa shape index (κ3) is 16.3. The number of rotatable bonds is 10. The van der Waals surface area contributed by atoms with E-state index in [9.17, 15) is 14.4 Å². The molecule has 0 saturated heterocycles. The fourth-order valence-corrected chi connectivity index (χ4v) is 1.28. The number of hydrogen-bond donors (Lipinski definition) is 5. The molecule has 0 bridgehead atoms. The summed E-state index contributed by atoms with van der Waals surface area (Å²) in [6.07, 6.45) is 3.18. The van der Waals surface area contributed by atoms with E-state index in [2.05, 4.69) is 0 Å². The fraction of sp³-hybridized carbons (Fsp3) is 0.769. The highest BCUT2D eigenvalue weighted by Gasteiger charge is 2.31. The van der Waals surface area contributed by atoms with Crippen LogP contribution in [-0.2, 0) is 14.4 Å². The van der Waals surface area contributed by atoms with E-state index in [-0.39, 0.29) is 19.3 Å². The van der Waals surface area contributed by atoms with Gasteiger partial charge in [-0.25, -0.2) is 4.79 Å². The normalized spacial score (nSPS) is 10.4. The average Bonchev–Trinajstić information content (AvgIpc) is 2.35. The lowest BCUT2D eigenvalue weighted by molar-refractivity contribution is -0.205. The third-order valence-corrected chi connectivity index (χ3v) is 2.50. The van der Waals surface area contributed by atoms with Crippen LogP contribution >= 0.6 is 0 Å². The Hall–Kier alpha value is -1.67. The quantitative estimate of drug-likeness (QED) is 0.296. The second-order valence-corrected chi connectivity index (χ2v) is 4.57. The molecule has 8 heteroatoms. The van der Waals surface area contributed by atoms with Crippen molar-refractivity contribution < 1.29 is 39.9 Å². The van der Waals surface area contributed by atoms with Crippen LogP contribution in [0.2, 0.25) is 0 Å². The van der Waals surface area contributed by atoms with E-state index in [0.717, 1.165) is 12.8 Å². The van der Waals surface area contributed by atoms with Gasteiger partial charge >= 0.3 is 17.9 Å². The van der Waals surface area contributed by atoms with Crippen molar-refractivity contribution in [2.24, 2.45) is 0 Å². The summed E-state index contributed by atoms with van der Waals surface area (Å²) in [6.45, 7) is 1.96. The van der Waals surface area contributed by atoms with E-state index in [1.165, 1.54) is 0 Å².